The molecule has 0 radical (unpaired) electrons. The van der Waals surface area contributed by atoms with Crippen LogP contribution in [0.1, 0.15) is 6.92 Å². The summed E-state index contributed by atoms with van der Waals surface area (Å²) in [6, 6.07) is 25.0. The zero-order valence-electron chi connectivity index (χ0n) is 17.8. The summed E-state index contributed by atoms with van der Waals surface area (Å²) in [5, 5.41) is 11.7. The summed E-state index contributed by atoms with van der Waals surface area (Å²) >= 11 is 1.26. The quantitative estimate of drug-likeness (QED) is 0.406. The summed E-state index contributed by atoms with van der Waals surface area (Å²) in [7, 11) is 0. The van der Waals surface area contributed by atoms with Crippen LogP contribution in [0, 0.1) is 0 Å². The van der Waals surface area contributed by atoms with Gasteiger partial charge in [0, 0.05) is 22.9 Å². The van der Waals surface area contributed by atoms with Gasteiger partial charge in [0.25, 0.3) is 0 Å². The number of carbonyl (C=O) groups excluding carboxylic acids is 1. The molecule has 0 saturated carbocycles. The molecule has 0 spiro atoms. The molecule has 0 saturated heterocycles. The van der Waals surface area contributed by atoms with Crippen molar-refractivity contribution in [2.24, 2.45) is 0 Å². The first-order valence-electron chi connectivity index (χ1n) is 10.4. The lowest BCUT2D eigenvalue weighted by Crippen LogP contribution is -2.22. The number of hydrogen-bond donors (Lipinski definition) is 1. The van der Waals surface area contributed by atoms with E-state index < -0.39 is 5.25 Å². The van der Waals surface area contributed by atoms with Crippen molar-refractivity contribution in [3.8, 4) is 34.0 Å². The van der Waals surface area contributed by atoms with Gasteiger partial charge in [0.2, 0.25) is 17.9 Å². The van der Waals surface area contributed by atoms with Crippen LogP contribution in [-0.4, -0.2) is 33.1 Å². The summed E-state index contributed by atoms with van der Waals surface area (Å²) in [5.41, 5.74) is 3.93. The van der Waals surface area contributed by atoms with Crippen LogP contribution in [0.4, 0.5) is 5.69 Å². The van der Waals surface area contributed by atoms with Crippen LogP contribution in [0.5, 0.6) is 11.5 Å². The number of aromatic nitrogens is 3. The molecule has 164 valence electrons. The summed E-state index contributed by atoms with van der Waals surface area (Å²) in [6.45, 7) is 2.00. The topological polar surface area (TPSA) is 86.2 Å². The van der Waals surface area contributed by atoms with Crippen LogP contribution in [-0.2, 0) is 4.79 Å². The van der Waals surface area contributed by atoms with Crippen molar-refractivity contribution < 1.29 is 14.3 Å². The molecule has 8 heteroatoms. The van der Waals surface area contributed by atoms with E-state index in [-0.39, 0.29) is 12.7 Å². The van der Waals surface area contributed by atoms with Gasteiger partial charge in [-0.15, -0.1) is 10.2 Å². The van der Waals surface area contributed by atoms with Crippen LogP contribution in [0.15, 0.2) is 84.0 Å². The largest absolute Gasteiger partial charge is 0.454 e. The van der Waals surface area contributed by atoms with Crippen LogP contribution in [0.3, 0.4) is 0 Å². The highest BCUT2D eigenvalue weighted by Gasteiger charge is 2.20. The summed E-state index contributed by atoms with van der Waals surface area (Å²) in [4.78, 5) is 17.5. The van der Waals surface area contributed by atoms with E-state index >= 15 is 0 Å². The van der Waals surface area contributed by atoms with Gasteiger partial charge in [-0.3, -0.25) is 4.79 Å². The maximum Gasteiger partial charge on any atom is 0.237 e. The highest BCUT2D eigenvalue weighted by Crippen LogP contribution is 2.35. The third-order valence-corrected chi connectivity index (χ3v) is 6.00. The van der Waals surface area contributed by atoms with Crippen molar-refractivity contribution >= 4 is 23.4 Å². The van der Waals surface area contributed by atoms with Gasteiger partial charge in [-0.25, -0.2) is 4.98 Å². The second-order valence-corrected chi connectivity index (χ2v) is 8.65. The Hall–Kier alpha value is -3.91. The van der Waals surface area contributed by atoms with Crippen LogP contribution < -0.4 is 14.8 Å². The average molecular weight is 457 g/mol. The number of carbonyl (C=O) groups is 1. The van der Waals surface area contributed by atoms with Crippen LogP contribution in [0.25, 0.3) is 22.5 Å². The maximum atomic E-state index is 12.8. The second kappa shape index (κ2) is 9.30. The summed E-state index contributed by atoms with van der Waals surface area (Å²) in [6.07, 6.45) is 0. The van der Waals surface area contributed by atoms with Gasteiger partial charge in [0.1, 0.15) is 11.4 Å². The van der Waals surface area contributed by atoms with Crippen LogP contribution >= 0.6 is 11.8 Å². The number of fused-ring (bicyclic) bond motifs is 1. The Labute approximate surface area is 195 Å². The van der Waals surface area contributed by atoms with E-state index in [4.69, 9.17) is 14.5 Å². The fraction of sp³-hybridized carbons (Fsp3) is 0.120. The predicted octanol–water partition coefficient (Wildman–Crippen LogP) is 5.05. The molecule has 2 heterocycles. The monoisotopic (exact) mass is 456 g/mol. The molecule has 3 aromatic carbocycles. The third kappa shape index (κ3) is 4.65. The molecule has 7 nitrogen and oxygen atoms in total. The number of ether oxygens (including phenoxy) is 2. The lowest BCUT2D eigenvalue weighted by atomic mass is 10.0. The van der Waals surface area contributed by atoms with E-state index in [1.54, 1.807) is 18.2 Å². The number of nitrogens with one attached hydrogen (secondary N) is 1. The molecule has 1 aliphatic heterocycles. The Morgan fingerprint density at radius 2 is 1.55 bits per heavy atom. The predicted molar refractivity (Wildman–Crippen MR) is 127 cm³/mol. The van der Waals surface area contributed by atoms with Gasteiger partial charge >= 0.3 is 0 Å². The number of rotatable bonds is 6. The lowest BCUT2D eigenvalue weighted by Gasteiger charge is -2.13. The van der Waals surface area contributed by atoms with E-state index in [0.717, 1.165) is 16.8 Å². The van der Waals surface area contributed by atoms with Gasteiger partial charge in [0.05, 0.1) is 5.25 Å². The minimum atomic E-state index is -0.441. The van der Waals surface area contributed by atoms with Crippen molar-refractivity contribution in [3.05, 3.63) is 78.9 Å². The summed E-state index contributed by atoms with van der Waals surface area (Å²) in [5.74, 6) is 1.11. The molecular formula is C25H20N4O3S. The van der Waals surface area contributed by atoms with E-state index in [9.17, 15) is 4.79 Å². The number of amides is 1. The first kappa shape index (κ1) is 21.0. The number of benzene rings is 3. The smallest absolute Gasteiger partial charge is 0.237 e. The van der Waals surface area contributed by atoms with Crippen molar-refractivity contribution in [2.45, 2.75) is 17.3 Å². The standard InChI is InChI=1S/C25H20N4O3S/c1-16(24(30)26-19-12-13-20-21(14-19)32-15-31-20)33-25-27-22(17-8-4-2-5-9-17)23(28-29-25)18-10-6-3-7-11-18/h2-14,16H,15H2,1H3,(H,26,30). The maximum absolute atomic E-state index is 12.8. The Kier molecular flexibility index (Phi) is 5.91. The molecule has 5 rings (SSSR count). The number of thioether (sulfide) groups is 1. The molecule has 1 N–H and O–H groups in total. The second-order valence-electron chi connectivity index (χ2n) is 7.34. The minimum absolute atomic E-state index is 0.170. The van der Waals surface area contributed by atoms with Crippen molar-refractivity contribution in [2.75, 3.05) is 12.1 Å². The molecular weight excluding hydrogens is 436 g/mol. The first-order chi connectivity index (χ1) is 16.2. The normalized spacial score (nSPS) is 12.9. The Morgan fingerprint density at radius 1 is 0.879 bits per heavy atom. The molecule has 1 atom stereocenters. The van der Waals surface area contributed by atoms with Gasteiger partial charge in [0.15, 0.2) is 11.5 Å². The molecule has 33 heavy (non-hydrogen) atoms. The molecule has 0 bridgehead atoms. The fourth-order valence-corrected chi connectivity index (χ4v) is 4.09. The molecule has 1 aromatic heterocycles. The van der Waals surface area contributed by atoms with Gasteiger partial charge in [-0.2, -0.15) is 0 Å². The number of nitrogens with zero attached hydrogens (tertiary/aromatic N) is 3. The van der Waals surface area contributed by atoms with E-state index in [2.05, 4.69) is 15.5 Å². The molecule has 1 amide bonds. The Bertz CT molecular complexity index is 1290. The van der Waals surface area contributed by atoms with Crippen molar-refractivity contribution in [1.82, 2.24) is 15.2 Å². The SMILES string of the molecule is CC(Sc1nnc(-c2ccccc2)c(-c2ccccc2)n1)C(=O)Nc1ccc2c(c1)OCO2. The molecule has 4 aromatic rings. The summed E-state index contributed by atoms with van der Waals surface area (Å²) < 4.78 is 10.7. The number of hydrogen-bond acceptors (Lipinski definition) is 7. The fourth-order valence-electron chi connectivity index (χ4n) is 3.38. The average Bonchev–Trinajstić information content (AvgIpc) is 3.33. The van der Waals surface area contributed by atoms with Crippen molar-refractivity contribution in [3.63, 3.8) is 0 Å². The molecule has 0 aliphatic carbocycles. The van der Waals surface area contributed by atoms with E-state index in [0.29, 0.717) is 28.0 Å². The molecule has 1 aliphatic rings. The van der Waals surface area contributed by atoms with Gasteiger partial charge in [-0.05, 0) is 19.1 Å². The highest BCUT2D eigenvalue weighted by molar-refractivity contribution is 8.00. The Balaban J connectivity index is 1.37. The lowest BCUT2D eigenvalue weighted by molar-refractivity contribution is -0.115. The molecule has 1 unspecified atom stereocenters. The zero-order chi connectivity index (χ0) is 22.6. The third-order valence-electron chi connectivity index (χ3n) is 5.05. The van der Waals surface area contributed by atoms with Crippen molar-refractivity contribution in [1.29, 1.82) is 0 Å². The molecule has 0 fully saturated rings. The zero-order valence-corrected chi connectivity index (χ0v) is 18.6. The van der Waals surface area contributed by atoms with Gasteiger partial charge < -0.3 is 14.8 Å². The van der Waals surface area contributed by atoms with Crippen LogP contribution in [0.2, 0.25) is 0 Å². The number of anilines is 1. The van der Waals surface area contributed by atoms with E-state index in [1.807, 2.05) is 67.6 Å². The Morgan fingerprint density at radius 3 is 2.27 bits per heavy atom. The first-order valence-corrected chi connectivity index (χ1v) is 11.3. The highest BCUT2D eigenvalue weighted by atomic mass is 32.2. The van der Waals surface area contributed by atoms with Gasteiger partial charge in [-0.1, -0.05) is 72.4 Å². The van der Waals surface area contributed by atoms with E-state index in [1.165, 1.54) is 11.8 Å². The minimum Gasteiger partial charge on any atom is -0.454 e.